The fourth-order valence-corrected chi connectivity index (χ4v) is 2.16. The third-order valence-electron chi connectivity index (χ3n) is 3.44. The molecule has 1 aromatic rings. The van der Waals surface area contributed by atoms with E-state index in [1.807, 2.05) is 19.0 Å². The number of hydrogen-bond donors (Lipinski definition) is 2. The molecule has 0 atom stereocenters. The number of carbonyl (C=O) groups is 2. The fraction of sp³-hybridized carbons (Fsp3) is 0.529. The summed E-state index contributed by atoms with van der Waals surface area (Å²) in [6.45, 7) is 1.35. The van der Waals surface area contributed by atoms with Gasteiger partial charge in [-0.05, 0) is 39.2 Å². The van der Waals surface area contributed by atoms with E-state index < -0.39 is 5.91 Å². The Labute approximate surface area is 148 Å². The zero-order valence-electron chi connectivity index (χ0n) is 15.5. The molecule has 0 unspecified atom stereocenters. The molecular formula is C17H27N3O5. The summed E-state index contributed by atoms with van der Waals surface area (Å²) in [5.41, 5.74) is 0.315. The minimum absolute atomic E-state index is 0.0997. The maximum Gasteiger partial charge on any atom is 0.251 e. The average Bonchev–Trinajstić information content (AvgIpc) is 2.61. The van der Waals surface area contributed by atoms with Crippen LogP contribution in [0, 0.1) is 0 Å². The number of hydrogen-bond acceptors (Lipinski definition) is 6. The lowest BCUT2D eigenvalue weighted by Crippen LogP contribution is -2.37. The van der Waals surface area contributed by atoms with Crippen molar-refractivity contribution in [3.8, 4) is 17.2 Å². The Hall–Kier alpha value is -2.48. The summed E-state index contributed by atoms with van der Waals surface area (Å²) in [5, 5.41) is 5.33. The van der Waals surface area contributed by atoms with Gasteiger partial charge in [0.1, 0.15) is 0 Å². The minimum Gasteiger partial charge on any atom is -0.493 e. The second-order valence-corrected chi connectivity index (χ2v) is 5.60. The number of ether oxygens (including phenoxy) is 3. The lowest BCUT2D eigenvalue weighted by Gasteiger charge is -2.14. The molecule has 0 heterocycles. The van der Waals surface area contributed by atoms with E-state index in [0.717, 1.165) is 13.0 Å². The smallest absolute Gasteiger partial charge is 0.251 e. The van der Waals surface area contributed by atoms with Crippen LogP contribution in [0.5, 0.6) is 17.2 Å². The maximum absolute atomic E-state index is 12.3. The first-order valence-corrected chi connectivity index (χ1v) is 7.92. The van der Waals surface area contributed by atoms with Gasteiger partial charge in [-0.3, -0.25) is 9.59 Å². The van der Waals surface area contributed by atoms with Crippen LogP contribution in [-0.4, -0.2) is 71.8 Å². The van der Waals surface area contributed by atoms with Gasteiger partial charge in [0.2, 0.25) is 11.7 Å². The zero-order valence-corrected chi connectivity index (χ0v) is 15.5. The lowest BCUT2D eigenvalue weighted by atomic mass is 10.1. The van der Waals surface area contributed by atoms with Gasteiger partial charge in [-0.1, -0.05) is 0 Å². The van der Waals surface area contributed by atoms with Gasteiger partial charge in [0.25, 0.3) is 5.91 Å². The molecule has 25 heavy (non-hydrogen) atoms. The van der Waals surface area contributed by atoms with Crippen LogP contribution in [-0.2, 0) is 4.79 Å². The molecule has 0 bridgehead atoms. The number of carbonyl (C=O) groups excluding carboxylic acids is 2. The quantitative estimate of drug-likeness (QED) is 0.596. The van der Waals surface area contributed by atoms with Crippen LogP contribution in [0.2, 0.25) is 0 Å². The van der Waals surface area contributed by atoms with Crippen LogP contribution in [0.1, 0.15) is 16.8 Å². The summed E-state index contributed by atoms with van der Waals surface area (Å²) in [7, 11) is 8.37. The lowest BCUT2D eigenvalue weighted by molar-refractivity contribution is -0.120. The molecule has 140 valence electrons. The number of nitrogens with one attached hydrogen (secondary N) is 2. The van der Waals surface area contributed by atoms with Crippen molar-refractivity contribution >= 4 is 11.8 Å². The van der Waals surface area contributed by atoms with Crippen molar-refractivity contribution in [2.75, 3.05) is 55.1 Å². The molecule has 0 aliphatic carbocycles. The third kappa shape index (κ3) is 6.50. The fourth-order valence-electron chi connectivity index (χ4n) is 2.16. The first kappa shape index (κ1) is 20.6. The second-order valence-electron chi connectivity index (χ2n) is 5.60. The van der Waals surface area contributed by atoms with E-state index >= 15 is 0 Å². The first-order chi connectivity index (χ1) is 11.9. The van der Waals surface area contributed by atoms with E-state index in [0.29, 0.717) is 29.4 Å². The zero-order chi connectivity index (χ0) is 18.8. The predicted molar refractivity (Wildman–Crippen MR) is 94.6 cm³/mol. The van der Waals surface area contributed by atoms with E-state index in [-0.39, 0.29) is 12.5 Å². The largest absolute Gasteiger partial charge is 0.493 e. The van der Waals surface area contributed by atoms with Crippen molar-refractivity contribution in [1.29, 1.82) is 0 Å². The molecule has 8 heteroatoms. The van der Waals surface area contributed by atoms with Gasteiger partial charge in [0, 0.05) is 12.1 Å². The van der Waals surface area contributed by atoms with Gasteiger partial charge in [-0.15, -0.1) is 0 Å². The second kappa shape index (κ2) is 10.4. The molecule has 1 rings (SSSR count). The summed E-state index contributed by atoms with van der Waals surface area (Å²) in [6, 6.07) is 3.07. The van der Waals surface area contributed by atoms with Crippen molar-refractivity contribution in [1.82, 2.24) is 15.5 Å². The van der Waals surface area contributed by atoms with Crippen LogP contribution in [0.15, 0.2) is 12.1 Å². The summed E-state index contributed by atoms with van der Waals surface area (Å²) >= 11 is 0. The molecule has 1 aromatic carbocycles. The maximum atomic E-state index is 12.3. The monoisotopic (exact) mass is 353 g/mol. The molecule has 8 nitrogen and oxygen atoms in total. The SMILES string of the molecule is COc1cc(C(=O)NCC(=O)NCCCN(C)C)cc(OC)c1OC. The van der Waals surface area contributed by atoms with Crippen molar-refractivity contribution in [2.45, 2.75) is 6.42 Å². The molecule has 0 fully saturated rings. The number of nitrogens with zero attached hydrogens (tertiary/aromatic N) is 1. The van der Waals surface area contributed by atoms with E-state index in [1.54, 1.807) is 0 Å². The van der Waals surface area contributed by atoms with Crippen molar-refractivity contribution in [3.63, 3.8) is 0 Å². The molecule has 0 aliphatic heterocycles. The Bertz CT molecular complexity index is 565. The summed E-state index contributed by atoms with van der Waals surface area (Å²) in [6.07, 6.45) is 0.847. The highest BCUT2D eigenvalue weighted by molar-refractivity contribution is 5.97. The molecule has 0 spiro atoms. The Morgan fingerprint density at radius 1 is 1.00 bits per heavy atom. The van der Waals surface area contributed by atoms with Gasteiger partial charge in [-0.2, -0.15) is 0 Å². The van der Waals surface area contributed by atoms with Gasteiger partial charge >= 0.3 is 0 Å². The van der Waals surface area contributed by atoms with E-state index in [2.05, 4.69) is 10.6 Å². The highest BCUT2D eigenvalue weighted by atomic mass is 16.5. The summed E-state index contributed by atoms with van der Waals surface area (Å²) < 4.78 is 15.6. The molecule has 0 aromatic heterocycles. The summed E-state index contributed by atoms with van der Waals surface area (Å²) in [5.74, 6) is 0.516. The van der Waals surface area contributed by atoms with Gasteiger partial charge in [0.05, 0.1) is 27.9 Å². The average molecular weight is 353 g/mol. The van der Waals surface area contributed by atoms with Gasteiger partial charge in [-0.25, -0.2) is 0 Å². The highest BCUT2D eigenvalue weighted by Crippen LogP contribution is 2.38. The topological polar surface area (TPSA) is 89.1 Å². The molecule has 0 radical (unpaired) electrons. The Kier molecular flexibility index (Phi) is 8.55. The van der Waals surface area contributed by atoms with Crippen LogP contribution in [0.4, 0.5) is 0 Å². The van der Waals surface area contributed by atoms with E-state index in [4.69, 9.17) is 14.2 Å². The molecule has 0 aliphatic rings. The standard InChI is InChI=1S/C17H27N3O5/c1-20(2)8-6-7-18-15(21)11-19-17(22)12-9-13(23-3)16(25-5)14(10-12)24-4/h9-10H,6-8,11H2,1-5H3,(H,18,21)(H,19,22). The highest BCUT2D eigenvalue weighted by Gasteiger charge is 2.17. The van der Waals surface area contributed by atoms with E-state index in [9.17, 15) is 9.59 Å². The molecule has 2 N–H and O–H groups in total. The summed E-state index contributed by atoms with van der Waals surface area (Å²) in [4.78, 5) is 26.1. The number of amides is 2. The Balaban J connectivity index is 2.61. The molecule has 2 amide bonds. The minimum atomic E-state index is -0.400. The Morgan fingerprint density at radius 2 is 1.60 bits per heavy atom. The molecule has 0 saturated heterocycles. The third-order valence-corrected chi connectivity index (χ3v) is 3.44. The number of rotatable bonds is 10. The number of benzene rings is 1. The molecule has 0 saturated carbocycles. The van der Waals surface area contributed by atoms with Crippen LogP contribution in [0.25, 0.3) is 0 Å². The van der Waals surface area contributed by atoms with Gasteiger partial charge in [0.15, 0.2) is 11.5 Å². The van der Waals surface area contributed by atoms with Crippen LogP contribution < -0.4 is 24.8 Å². The van der Waals surface area contributed by atoms with Crippen molar-refractivity contribution < 1.29 is 23.8 Å². The molecular weight excluding hydrogens is 326 g/mol. The van der Waals surface area contributed by atoms with Crippen molar-refractivity contribution in [2.24, 2.45) is 0 Å². The Morgan fingerprint density at radius 3 is 2.08 bits per heavy atom. The predicted octanol–water partition coefficient (Wildman–Crippen LogP) is 0.510. The van der Waals surface area contributed by atoms with Gasteiger partial charge < -0.3 is 29.7 Å². The number of methoxy groups -OCH3 is 3. The van der Waals surface area contributed by atoms with E-state index in [1.165, 1.54) is 33.5 Å². The van der Waals surface area contributed by atoms with Crippen molar-refractivity contribution in [3.05, 3.63) is 17.7 Å². The van der Waals surface area contributed by atoms with Crippen LogP contribution in [0.3, 0.4) is 0 Å². The first-order valence-electron chi connectivity index (χ1n) is 7.92. The normalized spacial score (nSPS) is 10.3. The van der Waals surface area contributed by atoms with Crippen LogP contribution >= 0.6 is 0 Å².